The van der Waals surface area contributed by atoms with Crippen LogP contribution in [0.5, 0.6) is 5.75 Å². The Morgan fingerprint density at radius 3 is 2.61 bits per heavy atom. The highest BCUT2D eigenvalue weighted by molar-refractivity contribution is 7.46. The molecular formula is C26H23F3N5O6P. The highest BCUT2D eigenvalue weighted by atomic mass is 31.2. The van der Waals surface area contributed by atoms with Crippen LogP contribution in [0.1, 0.15) is 65.6 Å². The van der Waals surface area contributed by atoms with Gasteiger partial charge in [-0.1, -0.05) is 6.07 Å². The van der Waals surface area contributed by atoms with Gasteiger partial charge in [-0.25, -0.2) is 23.9 Å². The number of halogens is 3. The van der Waals surface area contributed by atoms with Crippen molar-refractivity contribution in [3.8, 4) is 16.9 Å². The number of hydrogen-bond acceptors (Lipinski definition) is 7. The molecule has 214 valence electrons. The molecule has 0 fully saturated rings. The minimum Gasteiger partial charge on any atom is -0.434 e. The van der Waals surface area contributed by atoms with Crippen LogP contribution in [-0.2, 0) is 14.7 Å². The van der Waals surface area contributed by atoms with Crippen LogP contribution in [0.3, 0.4) is 0 Å². The summed E-state index contributed by atoms with van der Waals surface area (Å²) in [5, 5.41) is 2.88. The number of ether oxygens (including phenoxy) is 1. The molecule has 2 aromatic carbocycles. The van der Waals surface area contributed by atoms with Gasteiger partial charge >= 0.3 is 14.4 Å². The second-order valence-electron chi connectivity index (χ2n) is 10.3. The van der Waals surface area contributed by atoms with E-state index in [0.717, 1.165) is 0 Å². The molecule has 1 unspecified atom stereocenters. The van der Waals surface area contributed by atoms with Gasteiger partial charge in [-0.15, -0.1) is 0 Å². The summed E-state index contributed by atoms with van der Waals surface area (Å²) in [5.74, 6) is -0.774. The van der Waals surface area contributed by atoms with Gasteiger partial charge in [-0.2, -0.15) is 8.78 Å². The molecule has 3 N–H and O–H groups in total. The number of fused-ring (bicyclic) bond motifs is 9. The molecule has 0 radical (unpaired) electrons. The van der Waals surface area contributed by atoms with Crippen LogP contribution in [0.2, 0.25) is 0 Å². The quantitative estimate of drug-likeness (QED) is 0.273. The minimum absolute atomic E-state index is 0.0160. The van der Waals surface area contributed by atoms with Gasteiger partial charge < -0.3 is 24.4 Å². The number of carbonyl (C=O) groups is 1. The second kappa shape index (κ2) is 9.35. The fourth-order valence-corrected chi connectivity index (χ4v) is 6.28. The van der Waals surface area contributed by atoms with Crippen LogP contribution in [0.15, 0.2) is 36.5 Å². The number of hydrogen-bond donors (Lipinski definition) is 3. The normalized spacial score (nSPS) is 18.3. The van der Waals surface area contributed by atoms with Crippen molar-refractivity contribution in [2.24, 2.45) is 0 Å². The largest absolute Gasteiger partial charge is 0.470 e. The molecule has 6 rings (SSSR count). The monoisotopic (exact) mass is 589 g/mol. The zero-order chi connectivity index (χ0) is 29.4. The van der Waals surface area contributed by atoms with Crippen molar-refractivity contribution in [3.05, 3.63) is 70.8 Å². The molecule has 0 spiro atoms. The van der Waals surface area contributed by atoms with E-state index in [4.69, 9.17) is 9.26 Å². The van der Waals surface area contributed by atoms with E-state index in [0.29, 0.717) is 34.5 Å². The van der Waals surface area contributed by atoms with Crippen LogP contribution in [0, 0.1) is 12.7 Å². The first-order valence-electron chi connectivity index (χ1n) is 12.4. The van der Waals surface area contributed by atoms with Crippen molar-refractivity contribution >= 4 is 24.8 Å². The first-order chi connectivity index (χ1) is 19.2. The van der Waals surface area contributed by atoms with E-state index in [2.05, 4.69) is 20.3 Å². The lowest BCUT2D eigenvalue weighted by molar-refractivity contribution is -0.0507. The van der Waals surface area contributed by atoms with Crippen molar-refractivity contribution in [2.45, 2.75) is 51.5 Å². The molecule has 2 atom stereocenters. The standard InChI is InChI=1S/C26H23F3N5O6P/c1-11-14(10-30-24(31-11)26(2,3)40-41(36,37)38)13-7-18-16(8-15(13)27)32-22-17-9-19(34(18)22)21-12(23(35)33-17)5-4-6-20(21)39-25(28)29/h4-8,10,17,19,25H,9H2,1-3H3,(H,33,35)(H2,36,37,38)/t17-,19?/m1/s1. The Morgan fingerprint density at radius 1 is 1.17 bits per heavy atom. The van der Waals surface area contributed by atoms with Crippen LogP contribution in [0.4, 0.5) is 13.2 Å². The number of carbonyl (C=O) groups excluding carboxylic acids is 1. The first kappa shape index (κ1) is 27.3. The topological polar surface area (TPSA) is 149 Å². The predicted molar refractivity (Wildman–Crippen MR) is 138 cm³/mol. The number of aromatic nitrogens is 4. The average molecular weight is 589 g/mol. The number of alkyl halides is 2. The van der Waals surface area contributed by atoms with E-state index in [1.165, 1.54) is 44.3 Å². The maximum atomic E-state index is 15.5. The summed E-state index contributed by atoms with van der Waals surface area (Å²) < 4.78 is 64.8. The lowest BCUT2D eigenvalue weighted by atomic mass is 9.97. The summed E-state index contributed by atoms with van der Waals surface area (Å²) in [5.41, 5.74) is 0.487. The molecule has 0 saturated carbocycles. The van der Waals surface area contributed by atoms with E-state index in [1.807, 2.05) is 0 Å². The number of benzene rings is 2. The van der Waals surface area contributed by atoms with Crippen molar-refractivity contribution < 1.29 is 41.6 Å². The zero-order valence-electron chi connectivity index (χ0n) is 21.8. The van der Waals surface area contributed by atoms with Gasteiger partial charge in [-0.05, 0) is 45.4 Å². The average Bonchev–Trinajstić information content (AvgIpc) is 3.33. The Morgan fingerprint density at radius 2 is 1.93 bits per heavy atom. The number of aryl methyl sites for hydroxylation is 1. The summed E-state index contributed by atoms with van der Waals surface area (Å²) in [7, 11) is -4.85. The van der Waals surface area contributed by atoms with Crippen LogP contribution in [-0.4, -0.2) is 41.8 Å². The van der Waals surface area contributed by atoms with E-state index in [-0.39, 0.29) is 28.3 Å². The molecule has 0 aliphatic carbocycles. The van der Waals surface area contributed by atoms with Gasteiger partial charge in [0, 0.05) is 40.2 Å². The number of phosphoric ester groups is 1. The predicted octanol–water partition coefficient (Wildman–Crippen LogP) is 4.66. The molecule has 11 nitrogen and oxygen atoms in total. The number of amides is 1. The Kier molecular flexibility index (Phi) is 6.23. The smallest absolute Gasteiger partial charge is 0.434 e. The lowest BCUT2D eigenvalue weighted by Crippen LogP contribution is -2.28. The molecule has 2 aliphatic rings. The lowest BCUT2D eigenvalue weighted by Gasteiger charge is -2.24. The SMILES string of the molecule is Cc1nc(C(C)(C)OP(=O)(O)O)ncc1-c1cc2c(cc1F)nc1n2C2C[C@H]1NC(=O)c1cccc(OC(F)F)c12. The number of nitrogens with zero attached hydrogens (tertiary/aromatic N) is 4. The molecule has 41 heavy (non-hydrogen) atoms. The fraction of sp³-hybridized carbons (Fsp3) is 0.308. The number of rotatable bonds is 6. The van der Waals surface area contributed by atoms with Crippen LogP contribution >= 0.6 is 7.82 Å². The molecular weight excluding hydrogens is 566 g/mol. The fourth-order valence-electron chi connectivity index (χ4n) is 5.60. The Bertz CT molecular complexity index is 1790. The van der Waals surface area contributed by atoms with Crippen LogP contribution < -0.4 is 10.1 Å². The van der Waals surface area contributed by atoms with Gasteiger partial charge in [0.15, 0.2) is 5.82 Å². The highest BCUT2D eigenvalue weighted by Crippen LogP contribution is 2.48. The summed E-state index contributed by atoms with van der Waals surface area (Å²) >= 11 is 0. The van der Waals surface area contributed by atoms with Crippen molar-refractivity contribution in [1.29, 1.82) is 0 Å². The van der Waals surface area contributed by atoms with Crippen LogP contribution in [0.25, 0.3) is 22.2 Å². The van der Waals surface area contributed by atoms with Gasteiger partial charge in [0.05, 0.1) is 23.1 Å². The molecule has 4 aromatic rings. The number of imidazole rings is 1. The van der Waals surface area contributed by atoms with E-state index in [1.54, 1.807) is 17.6 Å². The second-order valence-corrected chi connectivity index (χ2v) is 11.5. The number of phosphoric acid groups is 1. The van der Waals surface area contributed by atoms with Crippen molar-refractivity contribution in [1.82, 2.24) is 24.8 Å². The summed E-state index contributed by atoms with van der Waals surface area (Å²) in [6, 6.07) is 6.02. The minimum atomic E-state index is -4.85. The zero-order valence-corrected chi connectivity index (χ0v) is 22.7. The summed E-state index contributed by atoms with van der Waals surface area (Å²) in [6.45, 7) is 1.28. The van der Waals surface area contributed by atoms with Gasteiger partial charge in [0.25, 0.3) is 5.91 Å². The molecule has 2 aromatic heterocycles. The molecule has 4 heterocycles. The maximum Gasteiger partial charge on any atom is 0.470 e. The van der Waals surface area contributed by atoms with Gasteiger partial charge in [0.1, 0.15) is 23.0 Å². The van der Waals surface area contributed by atoms with Crippen molar-refractivity contribution in [2.75, 3.05) is 0 Å². The number of nitrogens with one attached hydrogen (secondary N) is 1. The Labute approximate surface area is 230 Å². The third-order valence-corrected chi connectivity index (χ3v) is 7.90. The molecule has 15 heteroatoms. The third kappa shape index (κ3) is 4.66. The maximum absolute atomic E-state index is 15.5. The van der Waals surface area contributed by atoms with E-state index < -0.39 is 43.8 Å². The third-order valence-electron chi connectivity index (χ3n) is 7.21. The van der Waals surface area contributed by atoms with E-state index in [9.17, 15) is 27.9 Å². The first-order valence-corrected chi connectivity index (χ1v) is 14.0. The van der Waals surface area contributed by atoms with Crippen molar-refractivity contribution in [3.63, 3.8) is 0 Å². The summed E-state index contributed by atoms with van der Waals surface area (Å²) in [4.78, 5) is 44.5. The van der Waals surface area contributed by atoms with Gasteiger partial charge in [0.2, 0.25) is 0 Å². The van der Waals surface area contributed by atoms with E-state index >= 15 is 4.39 Å². The highest BCUT2D eigenvalue weighted by Gasteiger charge is 2.42. The molecule has 2 bridgehead atoms. The van der Waals surface area contributed by atoms with Gasteiger partial charge in [-0.3, -0.25) is 9.32 Å². The Balaban J connectivity index is 1.49. The molecule has 2 aliphatic heterocycles. The molecule has 0 saturated heterocycles. The summed E-state index contributed by atoms with van der Waals surface area (Å²) in [6.07, 6.45) is 1.67. The molecule has 1 amide bonds. The Hall–Kier alpha value is -3.84.